The third-order valence-corrected chi connectivity index (χ3v) is 3.35. The van der Waals surface area contributed by atoms with Crippen molar-refractivity contribution in [1.29, 1.82) is 0 Å². The van der Waals surface area contributed by atoms with Crippen LogP contribution in [0.4, 0.5) is 5.88 Å². The highest BCUT2D eigenvalue weighted by molar-refractivity contribution is 6.30. The molecule has 0 unspecified atom stereocenters. The Labute approximate surface area is 126 Å². The number of hydrogen-bond acceptors (Lipinski definition) is 4. The minimum atomic E-state index is -0.235. The number of anilines is 1. The van der Waals surface area contributed by atoms with Crippen LogP contribution in [0, 0.1) is 0 Å². The van der Waals surface area contributed by atoms with Gasteiger partial charge < -0.3 is 10.3 Å². The summed E-state index contributed by atoms with van der Waals surface area (Å²) in [7, 11) is 0. The van der Waals surface area contributed by atoms with Crippen LogP contribution in [0.15, 0.2) is 59.1 Å². The molecule has 3 aromatic rings. The summed E-state index contributed by atoms with van der Waals surface area (Å²) >= 11 is 5.87. The maximum Gasteiger partial charge on any atom is 0.230 e. The predicted molar refractivity (Wildman–Crippen MR) is 81.2 cm³/mol. The lowest BCUT2D eigenvalue weighted by Crippen LogP contribution is -2.03. The van der Waals surface area contributed by atoms with Crippen molar-refractivity contribution in [3.05, 3.63) is 70.9 Å². The number of carbonyl (C=O) groups is 1. The molecule has 4 nitrogen and oxygen atoms in total. The molecule has 0 bridgehead atoms. The zero-order chi connectivity index (χ0) is 14.8. The molecule has 0 amide bonds. The van der Waals surface area contributed by atoms with E-state index in [0.717, 1.165) is 5.56 Å². The Balaban J connectivity index is 2.09. The lowest BCUT2D eigenvalue weighted by Gasteiger charge is -2.02. The molecule has 1 aromatic heterocycles. The first-order valence-corrected chi connectivity index (χ1v) is 6.65. The Bertz CT molecular complexity index is 780. The zero-order valence-corrected chi connectivity index (χ0v) is 11.7. The summed E-state index contributed by atoms with van der Waals surface area (Å²) in [5.41, 5.74) is 7.76. The van der Waals surface area contributed by atoms with Crippen LogP contribution in [0.2, 0.25) is 5.02 Å². The van der Waals surface area contributed by atoms with Crippen molar-refractivity contribution >= 4 is 23.3 Å². The SMILES string of the molecule is Nc1onc(C(=O)c2ccccc2)c1-c1ccc(Cl)cc1. The van der Waals surface area contributed by atoms with E-state index in [9.17, 15) is 4.79 Å². The quantitative estimate of drug-likeness (QED) is 0.747. The molecule has 21 heavy (non-hydrogen) atoms. The highest BCUT2D eigenvalue weighted by Gasteiger charge is 2.22. The van der Waals surface area contributed by atoms with Gasteiger partial charge in [0.15, 0.2) is 5.69 Å². The van der Waals surface area contributed by atoms with Gasteiger partial charge >= 0.3 is 0 Å². The molecule has 0 saturated carbocycles. The van der Waals surface area contributed by atoms with Gasteiger partial charge in [-0.1, -0.05) is 59.2 Å². The standard InChI is InChI=1S/C16H11ClN2O2/c17-12-8-6-10(7-9-12)13-14(19-21-16(13)18)15(20)11-4-2-1-3-5-11/h1-9H,18H2. The van der Waals surface area contributed by atoms with Crippen molar-refractivity contribution < 1.29 is 9.32 Å². The van der Waals surface area contributed by atoms with E-state index in [1.54, 1.807) is 48.5 Å². The summed E-state index contributed by atoms with van der Waals surface area (Å²) in [6, 6.07) is 15.9. The highest BCUT2D eigenvalue weighted by Crippen LogP contribution is 2.31. The molecule has 3 rings (SSSR count). The number of carbonyl (C=O) groups excluding carboxylic acids is 1. The molecule has 5 heteroatoms. The van der Waals surface area contributed by atoms with E-state index in [0.29, 0.717) is 16.1 Å². The number of ketones is 1. The van der Waals surface area contributed by atoms with Gasteiger partial charge in [0, 0.05) is 10.6 Å². The van der Waals surface area contributed by atoms with E-state index < -0.39 is 0 Å². The van der Waals surface area contributed by atoms with Crippen LogP contribution in [0.5, 0.6) is 0 Å². The van der Waals surface area contributed by atoms with Crippen molar-refractivity contribution in [2.45, 2.75) is 0 Å². The highest BCUT2D eigenvalue weighted by atomic mass is 35.5. The number of rotatable bonds is 3. The summed E-state index contributed by atoms with van der Waals surface area (Å²) in [5, 5.41) is 4.41. The summed E-state index contributed by atoms with van der Waals surface area (Å²) in [4.78, 5) is 12.5. The fourth-order valence-electron chi connectivity index (χ4n) is 2.08. The first-order valence-electron chi connectivity index (χ1n) is 6.27. The van der Waals surface area contributed by atoms with Crippen molar-refractivity contribution in [3.8, 4) is 11.1 Å². The molecule has 0 fully saturated rings. The van der Waals surface area contributed by atoms with E-state index in [1.807, 2.05) is 6.07 Å². The number of aromatic nitrogens is 1. The molecule has 0 radical (unpaired) electrons. The smallest absolute Gasteiger partial charge is 0.230 e. The summed E-state index contributed by atoms with van der Waals surface area (Å²) in [6.07, 6.45) is 0. The second-order valence-corrected chi connectivity index (χ2v) is 4.91. The van der Waals surface area contributed by atoms with E-state index >= 15 is 0 Å². The molecule has 104 valence electrons. The number of nitrogens with two attached hydrogens (primary N) is 1. The molecule has 1 heterocycles. The summed E-state index contributed by atoms with van der Waals surface area (Å²) in [6.45, 7) is 0. The average molecular weight is 299 g/mol. The van der Waals surface area contributed by atoms with Gasteiger partial charge in [-0.2, -0.15) is 0 Å². The second-order valence-electron chi connectivity index (χ2n) is 4.47. The van der Waals surface area contributed by atoms with Gasteiger partial charge in [-0.15, -0.1) is 0 Å². The summed E-state index contributed by atoms with van der Waals surface area (Å²) < 4.78 is 5.00. The van der Waals surface area contributed by atoms with Gasteiger partial charge in [-0.25, -0.2) is 0 Å². The minimum Gasteiger partial charge on any atom is -0.367 e. The van der Waals surface area contributed by atoms with E-state index in [-0.39, 0.29) is 17.4 Å². The van der Waals surface area contributed by atoms with Crippen molar-refractivity contribution in [2.75, 3.05) is 5.73 Å². The number of benzene rings is 2. The van der Waals surface area contributed by atoms with Crippen molar-refractivity contribution in [3.63, 3.8) is 0 Å². The molecule has 2 aromatic carbocycles. The van der Waals surface area contributed by atoms with E-state index in [4.69, 9.17) is 21.9 Å². The fourth-order valence-corrected chi connectivity index (χ4v) is 2.21. The van der Waals surface area contributed by atoms with Crippen LogP contribution in [-0.2, 0) is 0 Å². The maximum absolute atomic E-state index is 12.5. The Hall–Kier alpha value is -2.59. The lowest BCUT2D eigenvalue weighted by molar-refractivity contribution is 0.103. The predicted octanol–water partition coefficient (Wildman–Crippen LogP) is 3.81. The van der Waals surface area contributed by atoms with Gasteiger partial charge in [0.25, 0.3) is 0 Å². The van der Waals surface area contributed by atoms with E-state index in [2.05, 4.69) is 5.16 Å². The monoisotopic (exact) mass is 298 g/mol. The first-order chi connectivity index (χ1) is 10.2. The number of hydrogen-bond donors (Lipinski definition) is 1. The minimum absolute atomic E-state index is 0.108. The maximum atomic E-state index is 12.5. The molecule has 0 aliphatic carbocycles. The largest absolute Gasteiger partial charge is 0.367 e. The number of nitrogen functional groups attached to an aromatic ring is 1. The summed E-state index contributed by atoms with van der Waals surface area (Å²) in [5.74, 6) is -0.127. The van der Waals surface area contributed by atoms with E-state index in [1.165, 1.54) is 0 Å². The Morgan fingerprint density at radius 1 is 1.05 bits per heavy atom. The third kappa shape index (κ3) is 2.53. The van der Waals surface area contributed by atoms with Crippen molar-refractivity contribution in [1.82, 2.24) is 5.16 Å². The molecule has 0 aliphatic heterocycles. The van der Waals surface area contributed by atoms with Gasteiger partial charge in [0.05, 0.1) is 5.56 Å². The van der Waals surface area contributed by atoms with Gasteiger partial charge in [0.2, 0.25) is 11.7 Å². The topological polar surface area (TPSA) is 69.1 Å². The van der Waals surface area contributed by atoms with Crippen molar-refractivity contribution in [2.24, 2.45) is 0 Å². The number of halogens is 1. The molecular weight excluding hydrogens is 288 g/mol. The van der Waals surface area contributed by atoms with Crippen LogP contribution in [-0.4, -0.2) is 10.9 Å². The second kappa shape index (κ2) is 5.42. The molecular formula is C16H11ClN2O2. The molecule has 0 saturated heterocycles. The van der Waals surface area contributed by atoms with Gasteiger partial charge in [-0.05, 0) is 17.7 Å². The molecule has 2 N–H and O–H groups in total. The first kappa shape index (κ1) is 13.4. The van der Waals surface area contributed by atoms with Crippen LogP contribution >= 0.6 is 11.6 Å². The fraction of sp³-hybridized carbons (Fsp3) is 0. The third-order valence-electron chi connectivity index (χ3n) is 3.10. The number of nitrogens with zero attached hydrogens (tertiary/aromatic N) is 1. The van der Waals surface area contributed by atoms with Crippen LogP contribution in [0.3, 0.4) is 0 Å². The van der Waals surface area contributed by atoms with Gasteiger partial charge in [-0.3, -0.25) is 4.79 Å². The lowest BCUT2D eigenvalue weighted by atomic mass is 10.00. The van der Waals surface area contributed by atoms with Crippen LogP contribution in [0.1, 0.15) is 16.1 Å². The van der Waals surface area contributed by atoms with Crippen LogP contribution < -0.4 is 5.73 Å². The molecule has 0 spiro atoms. The average Bonchev–Trinajstić information content (AvgIpc) is 2.90. The zero-order valence-electron chi connectivity index (χ0n) is 10.9. The van der Waals surface area contributed by atoms with Crippen LogP contribution in [0.25, 0.3) is 11.1 Å². The normalized spacial score (nSPS) is 10.5. The molecule has 0 atom stereocenters. The van der Waals surface area contributed by atoms with Gasteiger partial charge in [0.1, 0.15) is 0 Å². The molecule has 0 aliphatic rings. The Kier molecular flexibility index (Phi) is 3.46. The Morgan fingerprint density at radius 2 is 1.71 bits per heavy atom. The Morgan fingerprint density at radius 3 is 2.38 bits per heavy atom.